The average molecular weight is 308 g/mol. The summed E-state index contributed by atoms with van der Waals surface area (Å²) in [5.74, 6) is 0.958. The third-order valence-corrected chi connectivity index (χ3v) is 4.91. The van der Waals surface area contributed by atoms with Crippen LogP contribution >= 0.6 is 11.8 Å². The second kappa shape index (κ2) is 7.11. The summed E-state index contributed by atoms with van der Waals surface area (Å²) in [6, 6.07) is 12.1. The van der Waals surface area contributed by atoms with Crippen LogP contribution in [0.3, 0.4) is 0 Å². The van der Waals surface area contributed by atoms with Gasteiger partial charge in [0.15, 0.2) is 0 Å². The van der Waals surface area contributed by atoms with Crippen LogP contribution in [0.1, 0.15) is 0 Å². The summed E-state index contributed by atoms with van der Waals surface area (Å²) in [6.07, 6.45) is 2.05. The molecule has 0 spiro atoms. The molecule has 0 fully saturated rings. The molecule has 2 aromatic carbocycles. The van der Waals surface area contributed by atoms with E-state index in [1.54, 1.807) is 11.8 Å². The lowest BCUT2D eigenvalue weighted by atomic mass is 10.1. The average Bonchev–Trinajstić information content (AvgIpc) is 2.46. The van der Waals surface area contributed by atoms with Crippen LogP contribution in [0.2, 0.25) is 0 Å². The normalized spacial score (nSPS) is 12.6. The summed E-state index contributed by atoms with van der Waals surface area (Å²) in [5, 5.41) is 2.18. The maximum atomic E-state index is 12.4. The fourth-order valence-corrected chi connectivity index (χ4v) is 3.59. The van der Waals surface area contributed by atoms with E-state index in [9.17, 15) is 4.21 Å². The molecule has 5 heteroatoms. The second-order valence-corrected chi connectivity index (χ2v) is 6.93. The highest BCUT2D eigenvalue weighted by Crippen LogP contribution is 2.29. The van der Waals surface area contributed by atoms with Crippen molar-refractivity contribution in [3.05, 3.63) is 36.4 Å². The number of nitrogens with zero attached hydrogens (tertiary/aromatic N) is 1. The molecule has 108 valence electrons. The van der Waals surface area contributed by atoms with Crippen molar-refractivity contribution < 1.29 is 4.21 Å². The quantitative estimate of drug-likeness (QED) is 0.833. The van der Waals surface area contributed by atoms with Crippen molar-refractivity contribution in [2.24, 2.45) is 0 Å². The second-order valence-electron chi connectivity index (χ2n) is 4.68. The Balaban J connectivity index is 2.40. The van der Waals surface area contributed by atoms with Gasteiger partial charge in [-0.25, -0.2) is 8.93 Å². The van der Waals surface area contributed by atoms with Crippen molar-refractivity contribution in [3.63, 3.8) is 0 Å². The van der Waals surface area contributed by atoms with Gasteiger partial charge in [0.25, 0.3) is 0 Å². The molecule has 0 aliphatic rings. The molecule has 0 saturated carbocycles. The molecule has 20 heavy (non-hydrogen) atoms. The number of hydrogen-bond acceptors (Lipinski definition) is 3. The Morgan fingerprint density at radius 1 is 1.15 bits per heavy atom. The minimum Gasteiger partial charge on any atom is -0.377 e. The summed E-state index contributed by atoms with van der Waals surface area (Å²) in [7, 11) is 2.88. The third-order valence-electron chi connectivity index (χ3n) is 3.08. The predicted molar refractivity (Wildman–Crippen MR) is 91.1 cm³/mol. The molecule has 0 radical (unpaired) electrons. The van der Waals surface area contributed by atoms with Gasteiger partial charge < -0.3 is 4.90 Å². The van der Waals surface area contributed by atoms with E-state index in [4.69, 9.17) is 0 Å². The van der Waals surface area contributed by atoms with Gasteiger partial charge in [-0.3, -0.25) is 0 Å². The Morgan fingerprint density at radius 3 is 2.55 bits per heavy atom. The Hall–Kier alpha value is -1.04. The topological polar surface area (TPSA) is 32.3 Å². The molecule has 1 atom stereocenters. The van der Waals surface area contributed by atoms with E-state index >= 15 is 0 Å². The Bertz CT molecular complexity index is 614. The number of benzene rings is 2. The van der Waals surface area contributed by atoms with Crippen molar-refractivity contribution in [3.8, 4) is 0 Å². The molecular weight excluding hydrogens is 288 g/mol. The van der Waals surface area contributed by atoms with Gasteiger partial charge in [-0.1, -0.05) is 24.3 Å². The van der Waals surface area contributed by atoms with E-state index in [2.05, 4.69) is 21.8 Å². The largest absolute Gasteiger partial charge is 0.377 e. The number of thioether (sulfide) groups is 1. The van der Waals surface area contributed by atoms with E-state index in [0.29, 0.717) is 0 Å². The molecule has 0 amide bonds. The summed E-state index contributed by atoms with van der Waals surface area (Å²) >= 11 is 1.75. The van der Waals surface area contributed by atoms with E-state index in [1.165, 1.54) is 0 Å². The molecule has 0 aromatic heterocycles. The molecule has 1 N–H and O–H groups in total. The molecule has 0 saturated heterocycles. The SMILES string of the molecule is CSCCNS(=O)c1cccc2c(N(C)C)cccc12. The lowest BCUT2D eigenvalue weighted by Crippen LogP contribution is -2.20. The summed E-state index contributed by atoms with van der Waals surface area (Å²) in [5.41, 5.74) is 1.14. The Labute approximate surface area is 127 Å². The molecule has 1 unspecified atom stereocenters. The van der Waals surface area contributed by atoms with Gasteiger partial charge in [-0.05, 0) is 18.4 Å². The molecule has 3 nitrogen and oxygen atoms in total. The first-order valence-electron chi connectivity index (χ1n) is 6.48. The monoisotopic (exact) mass is 308 g/mol. The number of hydrogen-bond donors (Lipinski definition) is 1. The first kappa shape index (κ1) is 15.4. The first-order chi connectivity index (χ1) is 9.65. The van der Waals surface area contributed by atoms with Crippen LogP contribution in [0.4, 0.5) is 5.69 Å². The van der Waals surface area contributed by atoms with Gasteiger partial charge in [-0.2, -0.15) is 11.8 Å². The Morgan fingerprint density at radius 2 is 1.85 bits per heavy atom. The molecule has 2 aromatic rings. The number of rotatable bonds is 6. The highest BCUT2D eigenvalue weighted by atomic mass is 32.2. The van der Waals surface area contributed by atoms with E-state index < -0.39 is 11.0 Å². The maximum Gasteiger partial charge on any atom is 0.125 e. The number of nitrogens with one attached hydrogen (secondary N) is 1. The van der Waals surface area contributed by atoms with Crippen LogP contribution in [0.5, 0.6) is 0 Å². The van der Waals surface area contributed by atoms with Crippen LogP contribution in [0.25, 0.3) is 10.8 Å². The molecule has 0 aliphatic heterocycles. The van der Waals surface area contributed by atoms with E-state index in [-0.39, 0.29) is 0 Å². The molecule has 0 aliphatic carbocycles. The smallest absolute Gasteiger partial charge is 0.125 e. The lowest BCUT2D eigenvalue weighted by molar-refractivity contribution is 0.675. The lowest BCUT2D eigenvalue weighted by Gasteiger charge is -2.16. The maximum absolute atomic E-state index is 12.4. The summed E-state index contributed by atoms with van der Waals surface area (Å²) in [4.78, 5) is 2.93. The standard InChI is InChI=1S/C15H20N2OS2/c1-17(2)14-8-4-7-13-12(14)6-5-9-15(13)20(18)16-10-11-19-3/h4-9,16H,10-11H2,1-3H3. The van der Waals surface area contributed by atoms with Gasteiger partial charge in [0, 0.05) is 42.9 Å². The predicted octanol–water partition coefficient (Wildman–Crippen LogP) is 2.88. The van der Waals surface area contributed by atoms with Crippen LogP contribution in [-0.2, 0) is 11.0 Å². The minimum absolute atomic E-state index is 0.748. The summed E-state index contributed by atoms with van der Waals surface area (Å²) in [6.45, 7) is 0.748. The first-order valence-corrected chi connectivity index (χ1v) is 9.03. The van der Waals surface area contributed by atoms with Crippen molar-refractivity contribution in [2.45, 2.75) is 4.90 Å². The van der Waals surface area contributed by atoms with Gasteiger partial charge in [0.05, 0.1) is 4.90 Å². The van der Waals surface area contributed by atoms with Gasteiger partial charge in [0.2, 0.25) is 0 Å². The van der Waals surface area contributed by atoms with Crippen molar-refractivity contribution >= 4 is 39.2 Å². The highest BCUT2D eigenvalue weighted by molar-refractivity contribution is 7.98. The van der Waals surface area contributed by atoms with Crippen molar-refractivity contribution in [1.29, 1.82) is 0 Å². The summed E-state index contributed by atoms with van der Waals surface area (Å²) < 4.78 is 15.5. The zero-order valence-corrected chi connectivity index (χ0v) is 13.7. The fourth-order valence-electron chi connectivity index (χ4n) is 2.13. The number of anilines is 1. The minimum atomic E-state index is -1.16. The van der Waals surface area contributed by atoms with Gasteiger partial charge in [-0.15, -0.1) is 0 Å². The number of fused-ring (bicyclic) bond motifs is 1. The van der Waals surface area contributed by atoms with E-state index in [1.807, 2.05) is 44.6 Å². The fraction of sp³-hybridized carbons (Fsp3) is 0.333. The third kappa shape index (κ3) is 3.34. The zero-order chi connectivity index (χ0) is 14.5. The van der Waals surface area contributed by atoms with Crippen molar-refractivity contribution in [2.75, 3.05) is 37.5 Å². The zero-order valence-electron chi connectivity index (χ0n) is 12.1. The van der Waals surface area contributed by atoms with Gasteiger partial charge >= 0.3 is 0 Å². The van der Waals surface area contributed by atoms with Crippen LogP contribution in [0, 0.1) is 0 Å². The highest BCUT2D eigenvalue weighted by Gasteiger charge is 2.10. The van der Waals surface area contributed by atoms with Crippen LogP contribution in [0.15, 0.2) is 41.3 Å². The van der Waals surface area contributed by atoms with E-state index in [0.717, 1.165) is 33.7 Å². The van der Waals surface area contributed by atoms with Crippen molar-refractivity contribution in [1.82, 2.24) is 4.72 Å². The Kier molecular flexibility index (Phi) is 5.46. The van der Waals surface area contributed by atoms with Crippen LogP contribution < -0.4 is 9.62 Å². The molecule has 0 bridgehead atoms. The molecular formula is C15H20N2OS2. The molecule has 2 rings (SSSR count). The van der Waals surface area contributed by atoms with Crippen LogP contribution in [-0.4, -0.2) is 36.9 Å². The van der Waals surface area contributed by atoms with Gasteiger partial charge in [0.1, 0.15) is 11.0 Å². The molecule has 0 heterocycles.